The minimum Gasteiger partial charge on any atom is -0.325 e. The lowest BCUT2D eigenvalue weighted by Crippen LogP contribution is -2.57. The molecule has 4 heterocycles. The summed E-state index contributed by atoms with van der Waals surface area (Å²) in [5, 5.41) is 5.79. The molecule has 3 amide bonds. The summed E-state index contributed by atoms with van der Waals surface area (Å²) in [5.74, 6) is -1.53. The van der Waals surface area contributed by atoms with E-state index in [9.17, 15) is 23.2 Å². The zero-order valence-corrected chi connectivity index (χ0v) is 21.6. The van der Waals surface area contributed by atoms with Crippen LogP contribution in [0.25, 0.3) is 0 Å². The van der Waals surface area contributed by atoms with Gasteiger partial charge < -0.3 is 15.5 Å². The molecule has 2 fully saturated rings. The van der Waals surface area contributed by atoms with Crippen LogP contribution < -0.4 is 10.6 Å². The third kappa shape index (κ3) is 3.97. The van der Waals surface area contributed by atoms with E-state index in [1.807, 2.05) is 29.2 Å². The molecule has 2 aromatic carbocycles. The number of aromatic nitrogens is 1. The van der Waals surface area contributed by atoms with Crippen LogP contribution in [0.1, 0.15) is 41.1 Å². The zero-order chi connectivity index (χ0) is 27.6. The van der Waals surface area contributed by atoms with Crippen LogP contribution in [-0.2, 0) is 32.6 Å². The highest BCUT2D eigenvalue weighted by atomic mass is 19.1. The highest BCUT2D eigenvalue weighted by Gasteiger charge is 2.51. The molecule has 0 saturated carbocycles. The SMILES string of the molecule is O=C(CN1C(=O)C2CCCN2C[C@H]1c1cc(F)cc(F)c1)Nc1ccc2c(c1)C[C@@]1(C2)C(=O)Nc2ncccc21. The standard InChI is InChI=1S/C30H27F2N5O3/c31-20-9-18(10-21(32)12-20)25-15-36-8-2-4-24(36)28(39)37(25)16-26(38)34-22-6-5-17-13-30(14-19(17)11-22)23-3-1-7-33-27(23)35-29(30)40/h1,3,5-7,9-12,24-25H,2,4,8,13-16H2,(H,34,38)(H,33,35,40)/t24?,25-,30+/m0/s1. The third-order valence-electron chi connectivity index (χ3n) is 8.76. The fourth-order valence-electron chi connectivity index (χ4n) is 6.93. The molecule has 204 valence electrons. The number of carbonyl (C=O) groups excluding carboxylic acids is 3. The van der Waals surface area contributed by atoms with Crippen LogP contribution in [0.4, 0.5) is 20.3 Å². The zero-order valence-electron chi connectivity index (χ0n) is 21.6. The minimum atomic E-state index is -0.722. The predicted octanol–water partition coefficient (Wildman–Crippen LogP) is 3.33. The lowest BCUT2D eigenvalue weighted by atomic mass is 9.79. The van der Waals surface area contributed by atoms with Gasteiger partial charge in [0.1, 0.15) is 24.0 Å². The summed E-state index contributed by atoms with van der Waals surface area (Å²) < 4.78 is 28.2. The Labute approximate surface area is 229 Å². The number of carbonyl (C=O) groups is 3. The number of piperazine rings is 1. The molecule has 7 rings (SSSR count). The summed E-state index contributed by atoms with van der Waals surface area (Å²) in [7, 11) is 0. The molecule has 8 nitrogen and oxygen atoms in total. The van der Waals surface area contributed by atoms with Crippen LogP contribution in [0.2, 0.25) is 0 Å². The van der Waals surface area contributed by atoms with E-state index in [0.717, 1.165) is 35.7 Å². The average Bonchev–Trinajstić information content (AvgIpc) is 3.61. The number of nitrogens with zero attached hydrogens (tertiary/aromatic N) is 3. The molecule has 40 heavy (non-hydrogen) atoms. The molecule has 4 aliphatic rings. The maximum Gasteiger partial charge on any atom is 0.244 e. The van der Waals surface area contributed by atoms with Crippen molar-refractivity contribution >= 4 is 29.2 Å². The maximum absolute atomic E-state index is 14.1. The van der Waals surface area contributed by atoms with Gasteiger partial charge in [-0.05, 0) is 79.3 Å². The van der Waals surface area contributed by atoms with Gasteiger partial charge in [0.05, 0.1) is 17.5 Å². The molecule has 3 atom stereocenters. The number of halogens is 2. The third-order valence-corrected chi connectivity index (χ3v) is 8.76. The molecule has 1 aromatic heterocycles. The molecule has 2 saturated heterocycles. The number of rotatable bonds is 4. The van der Waals surface area contributed by atoms with E-state index in [2.05, 4.69) is 15.6 Å². The van der Waals surface area contributed by atoms with Crippen molar-refractivity contribution in [2.75, 3.05) is 30.3 Å². The van der Waals surface area contributed by atoms with E-state index in [1.165, 1.54) is 17.0 Å². The second-order valence-corrected chi connectivity index (χ2v) is 11.2. The topological polar surface area (TPSA) is 94.6 Å². The second kappa shape index (κ2) is 9.19. The predicted molar refractivity (Wildman–Crippen MR) is 142 cm³/mol. The molecule has 1 unspecified atom stereocenters. The highest BCUT2D eigenvalue weighted by molar-refractivity contribution is 6.06. The monoisotopic (exact) mass is 543 g/mol. The van der Waals surface area contributed by atoms with E-state index in [4.69, 9.17) is 0 Å². The molecule has 1 aliphatic carbocycles. The highest BCUT2D eigenvalue weighted by Crippen LogP contribution is 2.47. The molecule has 0 radical (unpaired) electrons. The fourth-order valence-corrected chi connectivity index (χ4v) is 6.93. The van der Waals surface area contributed by atoms with Crippen molar-refractivity contribution in [2.45, 2.75) is 43.2 Å². The second-order valence-electron chi connectivity index (χ2n) is 11.2. The minimum absolute atomic E-state index is 0.0765. The van der Waals surface area contributed by atoms with E-state index in [1.54, 1.807) is 12.3 Å². The summed E-state index contributed by atoms with van der Waals surface area (Å²) in [6, 6.07) is 11.6. The van der Waals surface area contributed by atoms with Gasteiger partial charge in [-0.15, -0.1) is 0 Å². The normalized spacial score (nSPS) is 25.1. The van der Waals surface area contributed by atoms with Crippen molar-refractivity contribution < 1.29 is 23.2 Å². The van der Waals surface area contributed by atoms with Gasteiger partial charge in [-0.2, -0.15) is 0 Å². The summed E-state index contributed by atoms with van der Waals surface area (Å²) in [5.41, 5.74) is 3.06. The number of pyridine rings is 1. The first kappa shape index (κ1) is 24.8. The molecule has 2 N–H and O–H groups in total. The van der Waals surface area contributed by atoms with Crippen molar-refractivity contribution in [2.24, 2.45) is 0 Å². The van der Waals surface area contributed by atoms with Crippen molar-refractivity contribution in [3.05, 3.63) is 88.6 Å². The number of hydrogen-bond acceptors (Lipinski definition) is 5. The van der Waals surface area contributed by atoms with Gasteiger partial charge in [0.15, 0.2) is 0 Å². The Bertz CT molecular complexity index is 1560. The lowest BCUT2D eigenvalue weighted by molar-refractivity contribution is -0.147. The number of amides is 3. The largest absolute Gasteiger partial charge is 0.325 e. The van der Waals surface area contributed by atoms with E-state index < -0.39 is 29.0 Å². The summed E-state index contributed by atoms with van der Waals surface area (Å²) in [6.07, 6.45) is 4.25. The van der Waals surface area contributed by atoms with Gasteiger partial charge in [0.25, 0.3) is 0 Å². The first-order valence-corrected chi connectivity index (χ1v) is 13.5. The molecule has 3 aromatic rings. The Kier molecular flexibility index (Phi) is 5.71. The van der Waals surface area contributed by atoms with Crippen LogP contribution >= 0.6 is 0 Å². The summed E-state index contributed by atoms with van der Waals surface area (Å²) >= 11 is 0. The smallest absolute Gasteiger partial charge is 0.244 e. The Morgan fingerprint density at radius 3 is 2.67 bits per heavy atom. The van der Waals surface area contributed by atoms with Crippen molar-refractivity contribution in [1.29, 1.82) is 0 Å². The first-order chi connectivity index (χ1) is 19.3. The summed E-state index contributed by atoms with van der Waals surface area (Å²) in [4.78, 5) is 47.5. The molecule has 1 spiro atoms. The van der Waals surface area contributed by atoms with Crippen LogP contribution in [-0.4, -0.2) is 58.2 Å². The van der Waals surface area contributed by atoms with Crippen LogP contribution in [0.3, 0.4) is 0 Å². The molecular weight excluding hydrogens is 516 g/mol. The molecular formula is C30H27F2N5O3. The Balaban J connectivity index is 1.11. The van der Waals surface area contributed by atoms with Crippen LogP contribution in [0.5, 0.6) is 0 Å². The van der Waals surface area contributed by atoms with E-state index in [-0.39, 0.29) is 24.4 Å². The van der Waals surface area contributed by atoms with E-state index >= 15 is 0 Å². The van der Waals surface area contributed by atoms with Crippen LogP contribution in [0.15, 0.2) is 54.7 Å². The number of benzene rings is 2. The number of nitrogens with one attached hydrogen (secondary N) is 2. The first-order valence-electron chi connectivity index (χ1n) is 13.5. The van der Waals surface area contributed by atoms with Gasteiger partial charge in [-0.25, -0.2) is 13.8 Å². The summed E-state index contributed by atoms with van der Waals surface area (Å²) in [6.45, 7) is 0.903. The lowest BCUT2D eigenvalue weighted by Gasteiger charge is -2.43. The van der Waals surface area contributed by atoms with Crippen molar-refractivity contribution in [3.63, 3.8) is 0 Å². The Hall–Kier alpha value is -4.18. The van der Waals surface area contributed by atoms with E-state index in [0.29, 0.717) is 42.9 Å². The van der Waals surface area contributed by atoms with Crippen LogP contribution in [0, 0.1) is 11.6 Å². The number of hydrogen-bond donors (Lipinski definition) is 2. The van der Waals surface area contributed by atoms with Crippen molar-refractivity contribution in [3.8, 4) is 0 Å². The molecule has 3 aliphatic heterocycles. The van der Waals surface area contributed by atoms with Gasteiger partial charge >= 0.3 is 0 Å². The Morgan fingerprint density at radius 2 is 1.85 bits per heavy atom. The Morgan fingerprint density at radius 1 is 1.05 bits per heavy atom. The molecule has 10 heteroatoms. The quantitative estimate of drug-likeness (QED) is 0.527. The average molecular weight is 544 g/mol. The van der Waals surface area contributed by atoms with Gasteiger partial charge in [0.2, 0.25) is 17.7 Å². The number of fused-ring (bicyclic) bond motifs is 4. The van der Waals surface area contributed by atoms with Crippen molar-refractivity contribution in [1.82, 2.24) is 14.8 Å². The van der Waals surface area contributed by atoms with Gasteiger partial charge in [-0.1, -0.05) is 12.1 Å². The molecule has 0 bridgehead atoms. The number of anilines is 2. The maximum atomic E-state index is 14.1. The fraction of sp³-hybridized carbons (Fsp3) is 0.333. The van der Waals surface area contributed by atoms with Gasteiger partial charge in [-0.3, -0.25) is 19.3 Å². The van der Waals surface area contributed by atoms with Gasteiger partial charge in [0, 0.05) is 30.1 Å².